The molecule has 40 heavy (non-hydrogen) atoms. The summed E-state index contributed by atoms with van der Waals surface area (Å²) < 4.78 is 76.1. The molecule has 1 aliphatic carbocycles. The molecule has 4 aliphatic rings. The SMILES string of the molecule is C=CS(F)(F)(F)(F)c1ccc(C2OC3(CCOCC3)c3c4c(nc(C5CCOCC5)c32)CC(C)(C)CC4O)cc1. The molecule has 10 heteroatoms. The van der Waals surface area contributed by atoms with Crippen molar-refractivity contribution < 1.29 is 34.9 Å². The van der Waals surface area contributed by atoms with Gasteiger partial charge in [-0.15, -0.1) is 15.5 Å². The molecule has 0 saturated carbocycles. The Bertz CT molecular complexity index is 1350. The quantitative estimate of drug-likeness (QED) is 0.370. The van der Waals surface area contributed by atoms with Crippen molar-refractivity contribution in [3.63, 3.8) is 0 Å². The van der Waals surface area contributed by atoms with Gasteiger partial charge in [0.05, 0.1) is 22.3 Å². The Morgan fingerprint density at radius 1 is 0.975 bits per heavy atom. The summed E-state index contributed by atoms with van der Waals surface area (Å²) in [6, 6.07) is 4.18. The van der Waals surface area contributed by atoms with E-state index in [0.29, 0.717) is 57.7 Å². The highest BCUT2D eigenvalue weighted by atomic mass is 32.5. The molecule has 1 aromatic carbocycles. The number of hydrogen-bond donors (Lipinski definition) is 1. The number of halogens is 4. The summed E-state index contributed by atoms with van der Waals surface area (Å²) in [4.78, 5) is 3.88. The van der Waals surface area contributed by atoms with Crippen LogP contribution in [0.3, 0.4) is 0 Å². The van der Waals surface area contributed by atoms with Crippen molar-refractivity contribution in [3.05, 3.63) is 69.9 Å². The second-order valence-electron chi connectivity index (χ2n) is 12.6. The van der Waals surface area contributed by atoms with Crippen LogP contribution >= 0.6 is 9.84 Å². The zero-order valence-corrected chi connectivity index (χ0v) is 23.8. The molecule has 0 bridgehead atoms. The molecule has 4 heterocycles. The molecular weight excluding hydrogens is 546 g/mol. The Labute approximate surface area is 232 Å². The van der Waals surface area contributed by atoms with Crippen LogP contribution in [-0.2, 0) is 26.2 Å². The first-order valence-corrected chi connectivity index (χ1v) is 16.1. The summed E-state index contributed by atoms with van der Waals surface area (Å²) in [7, 11) is -8.59. The molecule has 5 nitrogen and oxygen atoms in total. The average molecular weight is 584 g/mol. The number of benzene rings is 1. The van der Waals surface area contributed by atoms with Crippen LogP contribution in [0.5, 0.6) is 0 Å². The lowest BCUT2D eigenvalue weighted by Crippen LogP contribution is -2.37. The van der Waals surface area contributed by atoms with Crippen molar-refractivity contribution in [2.75, 3.05) is 26.4 Å². The van der Waals surface area contributed by atoms with Crippen molar-refractivity contribution in [1.29, 1.82) is 0 Å². The lowest BCUT2D eigenvalue weighted by molar-refractivity contribution is -0.122. The molecule has 2 saturated heterocycles. The van der Waals surface area contributed by atoms with Crippen molar-refractivity contribution in [2.45, 2.75) is 81.0 Å². The Morgan fingerprint density at radius 3 is 2.23 bits per heavy atom. The summed E-state index contributed by atoms with van der Waals surface area (Å²) in [6.45, 7) is 9.13. The number of rotatable bonds is 4. The van der Waals surface area contributed by atoms with Crippen molar-refractivity contribution in [3.8, 4) is 0 Å². The van der Waals surface area contributed by atoms with Crippen LogP contribution in [0, 0.1) is 5.41 Å². The summed E-state index contributed by atoms with van der Waals surface area (Å²) in [5.41, 5.74) is 3.95. The minimum absolute atomic E-state index is 0.0926. The zero-order chi connectivity index (χ0) is 28.6. The van der Waals surface area contributed by atoms with E-state index in [9.17, 15) is 20.6 Å². The molecule has 2 fully saturated rings. The number of ether oxygens (including phenoxy) is 3. The summed E-state index contributed by atoms with van der Waals surface area (Å²) in [5.74, 6) is 0.0926. The second kappa shape index (κ2) is 8.77. The minimum Gasteiger partial charge on any atom is -0.388 e. The first-order chi connectivity index (χ1) is 18.7. The van der Waals surface area contributed by atoms with Crippen molar-refractivity contribution in [1.82, 2.24) is 4.98 Å². The number of nitrogens with zero attached hydrogens (tertiary/aromatic N) is 1. The van der Waals surface area contributed by atoms with Gasteiger partial charge < -0.3 is 19.3 Å². The van der Waals surface area contributed by atoms with Gasteiger partial charge in [0.25, 0.3) is 0 Å². The Morgan fingerprint density at radius 2 is 1.60 bits per heavy atom. The molecule has 1 N–H and O–H groups in total. The fraction of sp³-hybridized carbons (Fsp3) is 0.567. The van der Waals surface area contributed by atoms with E-state index in [1.54, 1.807) is 0 Å². The van der Waals surface area contributed by atoms with Crippen LogP contribution in [-0.4, -0.2) is 36.5 Å². The van der Waals surface area contributed by atoms with E-state index in [2.05, 4.69) is 20.4 Å². The highest BCUT2D eigenvalue weighted by Gasteiger charge is 2.61. The van der Waals surface area contributed by atoms with E-state index in [4.69, 9.17) is 19.2 Å². The van der Waals surface area contributed by atoms with Gasteiger partial charge in [0, 0.05) is 67.4 Å². The normalized spacial score (nSPS) is 27.9. The van der Waals surface area contributed by atoms with Gasteiger partial charge in [-0.25, -0.2) is 0 Å². The van der Waals surface area contributed by atoms with Gasteiger partial charge >= 0.3 is 0 Å². The highest BCUT2D eigenvalue weighted by molar-refractivity contribution is 8.52. The number of fused-ring (bicyclic) bond motifs is 4. The summed E-state index contributed by atoms with van der Waals surface area (Å²) in [6.07, 6.45) is 2.51. The van der Waals surface area contributed by atoms with Crippen LogP contribution in [0.4, 0.5) is 15.5 Å². The molecule has 3 aliphatic heterocycles. The predicted octanol–water partition coefficient (Wildman–Crippen LogP) is 8.02. The first-order valence-electron chi connectivity index (χ1n) is 14.0. The van der Waals surface area contributed by atoms with E-state index < -0.39 is 38.0 Å². The minimum atomic E-state index is -8.59. The highest BCUT2D eigenvalue weighted by Crippen LogP contribution is 3.01. The van der Waals surface area contributed by atoms with Crippen molar-refractivity contribution in [2.24, 2.45) is 5.41 Å². The molecule has 1 spiro atoms. The van der Waals surface area contributed by atoms with E-state index in [0.717, 1.165) is 53.1 Å². The maximum absolute atomic E-state index is 14.5. The molecule has 2 atom stereocenters. The van der Waals surface area contributed by atoms with Gasteiger partial charge in [0.1, 0.15) is 6.10 Å². The molecule has 220 valence electrons. The molecular formula is C30H37F4NO4S. The third-order valence-corrected chi connectivity index (χ3v) is 11.0. The summed E-state index contributed by atoms with van der Waals surface area (Å²) >= 11 is 0. The maximum atomic E-state index is 14.5. The number of aliphatic hydroxyl groups is 1. The lowest BCUT2D eigenvalue weighted by atomic mass is 9.69. The molecule has 1 aromatic heterocycles. The van der Waals surface area contributed by atoms with Gasteiger partial charge in [0.15, 0.2) is 0 Å². The smallest absolute Gasteiger partial charge is 0.203 e. The van der Waals surface area contributed by atoms with Crippen LogP contribution in [0.15, 0.2) is 41.1 Å². The van der Waals surface area contributed by atoms with E-state index >= 15 is 0 Å². The third-order valence-electron chi connectivity index (χ3n) is 9.09. The molecule has 0 amide bonds. The Balaban J connectivity index is 1.57. The zero-order valence-electron chi connectivity index (χ0n) is 22.9. The van der Waals surface area contributed by atoms with E-state index in [1.165, 1.54) is 12.1 Å². The van der Waals surface area contributed by atoms with E-state index in [-0.39, 0.29) is 11.3 Å². The largest absolute Gasteiger partial charge is 0.388 e. The van der Waals surface area contributed by atoms with E-state index in [1.807, 2.05) is 0 Å². The predicted molar refractivity (Wildman–Crippen MR) is 146 cm³/mol. The maximum Gasteiger partial charge on any atom is 0.203 e. The van der Waals surface area contributed by atoms with Crippen molar-refractivity contribution >= 4 is 9.84 Å². The molecule has 0 radical (unpaired) electrons. The second-order valence-corrected chi connectivity index (χ2v) is 15.6. The van der Waals surface area contributed by atoms with Gasteiger partial charge in [-0.1, -0.05) is 32.6 Å². The standard InChI is InChI=1S/C30H37F4NO4S/c1-4-40(31,32,33,34)21-7-5-20(6-8-21)28-25-26(30(39-28)11-15-38-16-12-30)24-22(17-29(2,3)18-23(24)36)35-27(25)19-9-13-37-14-10-19/h4-8,19,23,28,36H,1,9-18H2,2-3H3. The Kier molecular flexibility index (Phi) is 6.17. The first kappa shape index (κ1) is 28.2. The Hall–Kier alpha value is -1.98. The van der Waals surface area contributed by atoms with Crippen LogP contribution < -0.4 is 0 Å². The molecule has 2 aromatic rings. The van der Waals surface area contributed by atoms with Crippen LogP contribution in [0.2, 0.25) is 0 Å². The monoisotopic (exact) mass is 583 g/mol. The molecule has 6 rings (SSSR count). The number of pyridine rings is 1. The lowest BCUT2D eigenvalue weighted by Gasteiger charge is -2.46. The third kappa shape index (κ3) is 4.60. The number of aromatic nitrogens is 1. The average Bonchev–Trinajstić information content (AvgIpc) is 3.22. The van der Waals surface area contributed by atoms with Crippen LogP contribution in [0.1, 0.15) is 97.7 Å². The fourth-order valence-corrected chi connectivity index (χ4v) is 7.93. The van der Waals surface area contributed by atoms with Gasteiger partial charge in [-0.05, 0) is 54.4 Å². The fourth-order valence-electron chi connectivity index (χ4n) is 7.04. The van der Waals surface area contributed by atoms with Crippen LogP contribution in [0.25, 0.3) is 0 Å². The van der Waals surface area contributed by atoms with Gasteiger partial charge in [-0.3, -0.25) is 4.98 Å². The summed E-state index contributed by atoms with van der Waals surface area (Å²) in [5, 5.41) is 11.0. The topological polar surface area (TPSA) is 60.8 Å². The molecule has 2 unspecified atom stereocenters. The van der Waals surface area contributed by atoms with Gasteiger partial charge in [-0.2, -0.15) is 0 Å². The number of hydrogen-bond acceptors (Lipinski definition) is 5. The number of aliphatic hydroxyl groups excluding tert-OH is 1. The van der Waals surface area contributed by atoms with Gasteiger partial charge in [0.2, 0.25) is 9.84 Å².